The van der Waals surface area contributed by atoms with E-state index in [0.717, 1.165) is 6.07 Å². The maximum Gasteiger partial charge on any atom is 0.283 e. The van der Waals surface area contributed by atoms with Crippen molar-refractivity contribution in [3.8, 4) is 11.3 Å². The standard InChI is InChI=1S/C17H8Cl3N5O3S/c18-8-1-3-10(12(20)5-8)14-7-29-17-22-16(23-24(14)17)21-15(26)11-4-2-9(19)6-13(11)25(27)28/h1-7H,(H,21,23,26). The predicted octanol–water partition coefficient (Wildman–Crippen LogP) is 5.58. The zero-order valence-corrected chi connectivity index (χ0v) is 17.2. The molecule has 29 heavy (non-hydrogen) atoms. The molecule has 0 saturated carbocycles. The van der Waals surface area contributed by atoms with Gasteiger partial charge in [0.2, 0.25) is 4.96 Å². The van der Waals surface area contributed by atoms with Crippen LogP contribution in [0.5, 0.6) is 0 Å². The molecule has 2 heterocycles. The number of halogens is 3. The summed E-state index contributed by atoms with van der Waals surface area (Å²) in [6.45, 7) is 0. The Labute approximate surface area is 181 Å². The molecule has 4 rings (SSSR count). The van der Waals surface area contributed by atoms with Gasteiger partial charge in [0, 0.05) is 27.1 Å². The molecule has 0 radical (unpaired) electrons. The smallest absolute Gasteiger partial charge is 0.283 e. The van der Waals surface area contributed by atoms with Crippen LogP contribution in [0.25, 0.3) is 16.2 Å². The Balaban J connectivity index is 1.68. The molecule has 0 aliphatic carbocycles. The van der Waals surface area contributed by atoms with Crippen molar-refractivity contribution in [2.75, 3.05) is 5.32 Å². The summed E-state index contributed by atoms with van der Waals surface area (Å²) in [5.74, 6) is -0.727. The summed E-state index contributed by atoms with van der Waals surface area (Å²) in [5.41, 5.74) is 0.791. The summed E-state index contributed by atoms with van der Waals surface area (Å²) in [5, 5.41) is 20.9. The third-order valence-electron chi connectivity index (χ3n) is 3.92. The first-order valence-corrected chi connectivity index (χ1v) is 9.90. The minimum atomic E-state index is -0.724. The Morgan fingerprint density at radius 3 is 2.59 bits per heavy atom. The van der Waals surface area contributed by atoms with E-state index >= 15 is 0 Å². The molecule has 1 amide bonds. The number of nitrogens with zero attached hydrogens (tertiary/aromatic N) is 4. The van der Waals surface area contributed by atoms with E-state index in [0.29, 0.717) is 26.3 Å². The summed E-state index contributed by atoms with van der Waals surface area (Å²) in [6.07, 6.45) is 0. The molecule has 12 heteroatoms. The number of nitro benzene ring substituents is 1. The van der Waals surface area contributed by atoms with E-state index in [9.17, 15) is 14.9 Å². The largest absolute Gasteiger partial charge is 0.289 e. The molecule has 0 spiro atoms. The Morgan fingerprint density at radius 1 is 1.14 bits per heavy atom. The lowest BCUT2D eigenvalue weighted by Gasteiger charge is -2.04. The minimum absolute atomic E-state index is 0.00238. The number of anilines is 1. The highest BCUT2D eigenvalue weighted by Crippen LogP contribution is 2.33. The van der Waals surface area contributed by atoms with Crippen molar-refractivity contribution in [2.24, 2.45) is 0 Å². The summed E-state index contributed by atoms with van der Waals surface area (Å²) in [4.78, 5) is 27.8. The van der Waals surface area contributed by atoms with Crippen LogP contribution < -0.4 is 5.32 Å². The Morgan fingerprint density at radius 2 is 1.86 bits per heavy atom. The number of aromatic nitrogens is 3. The highest BCUT2D eigenvalue weighted by atomic mass is 35.5. The number of nitro groups is 1. The average molecular weight is 469 g/mol. The van der Waals surface area contributed by atoms with Crippen molar-refractivity contribution in [2.45, 2.75) is 0 Å². The maximum atomic E-state index is 12.5. The van der Waals surface area contributed by atoms with Gasteiger partial charge in [-0.05, 0) is 30.3 Å². The number of amides is 1. The number of thiazole rings is 1. The SMILES string of the molecule is O=C(Nc1nc2scc(-c3ccc(Cl)cc3Cl)n2n1)c1ccc(Cl)cc1[N+](=O)[O-]. The van der Waals surface area contributed by atoms with E-state index in [4.69, 9.17) is 34.8 Å². The normalized spacial score (nSPS) is 11.0. The van der Waals surface area contributed by atoms with Gasteiger partial charge in [0.25, 0.3) is 17.5 Å². The lowest BCUT2D eigenvalue weighted by molar-refractivity contribution is -0.385. The Hall–Kier alpha value is -2.72. The summed E-state index contributed by atoms with van der Waals surface area (Å²) in [7, 11) is 0. The molecule has 0 saturated heterocycles. The molecular weight excluding hydrogens is 461 g/mol. The van der Waals surface area contributed by atoms with Gasteiger partial charge in [-0.15, -0.1) is 16.4 Å². The second-order valence-electron chi connectivity index (χ2n) is 5.75. The van der Waals surface area contributed by atoms with Gasteiger partial charge < -0.3 is 0 Å². The van der Waals surface area contributed by atoms with Crippen molar-refractivity contribution in [1.82, 2.24) is 14.6 Å². The number of benzene rings is 2. The second-order valence-corrected chi connectivity index (χ2v) is 7.86. The van der Waals surface area contributed by atoms with Gasteiger partial charge in [0.1, 0.15) is 5.56 Å². The molecule has 0 atom stereocenters. The monoisotopic (exact) mass is 467 g/mol. The van der Waals surface area contributed by atoms with Crippen molar-refractivity contribution in [1.29, 1.82) is 0 Å². The van der Waals surface area contributed by atoms with Crippen LogP contribution in [0.2, 0.25) is 15.1 Å². The molecule has 2 aromatic carbocycles. The summed E-state index contributed by atoms with van der Waals surface area (Å²) < 4.78 is 1.52. The van der Waals surface area contributed by atoms with E-state index in [1.54, 1.807) is 18.2 Å². The molecule has 4 aromatic rings. The molecule has 0 fully saturated rings. The van der Waals surface area contributed by atoms with E-state index in [1.165, 1.54) is 28.0 Å². The first kappa shape index (κ1) is 19.6. The lowest BCUT2D eigenvalue weighted by Crippen LogP contribution is -2.15. The Bertz CT molecular complexity index is 1290. The number of hydrogen-bond acceptors (Lipinski definition) is 6. The first-order valence-electron chi connectivity index (χ1n) is 7.88. The molecule has 146 valence electrons. The van der Waals surface area contributed by atoms with E-state index in [1.807, 2.05) is 5.38 Å². The van der Waals surface area contributed by atoms with E-state index in [2.05, 4.69) is 15.4 Å². The molecule has 2 aromatic heterocycles. The zero-order chi connectivity index (χ0) is 20.7. The molecule has 0 bridgehead atoms. The van der Waals surface area contributed by atoms with Crippen LogP contribution in [-0.4, -0.2) is 25.4 Å². The van der Waals surface area contributed by atoms with E-state index < -0.39 is 16.5 Å². The molecule has 1 N–H and O–H groups in total. The van der Waals surface area contributed by atoms with Gasteiger partial charge >= 0.3 is 0 Å². The fraction of sp³-hybridized carbons (Fsp3) is 0. The lowest BCUT2D eigenvalue weighted by atomic mass is 10.1. The van der Waals surface area contributed by atoms with Crippen LogP contribution in [0.3, 0.4) is 0 Å². The van der Waals surface area contributed by atoms with Crippen LogP contribution in [-0.2, 0) is 0 Å². The van der Waals surface area contributed by atoms with Crippen LogP contribution >= 0.6 is 46.1 Å². The van der Waals surface area contributed by atoms with E-state index in [-0.39, 0.29) is 16.5 Å². The van der Waals surface area contributed by atoms with Crippen molar-refractivity contribution >= 4 is 68.6 Å². The fourth-order valence-corrected chi connectivity index (χ4v) is 4.13. The van der Waals surface area contributed by atoms with Gasteiger partial charge in [-0.1, -0.05) is 34.8 Å². The van der Waals surface area contributed by atoms with Crippen LogP contribution in [0.1, 0.15) is 10.4 Å². The van der Waals surface area contributed by atoms with Crippen LogP contribution in [0, 0.1) is 10.1 Å². The maximum absolute atomic E-state index is 12.5. The number of hydrogen-bond donors (Lipinski definition) is 1. The average Bonchev–Trinajstić information content (AvgIpc) is 3.22. The number of carbonyl (C=O) groups excluding carboxylic acids is 1. The third kappa shape index (κ3) is 3.77. The van der Waals surface area contributed by atoms with Gasteiger partial charge in [0.05, 0.1) is 15.6 Å². The number of nitrogens with one attached hydrogen (secondary N) is 1. The van der Waals surface area contributed by atoms with Gasteiger partial charge in [-0.2, -0.15) is 4.98 Å². The van der Waals surface area contributed by atoms with Crippen LogP contribution in [0.4, 0.5) is 11.6 Å². The molecule has 0 aliphatic rings. The van der Waals surface area contributed by atoms with Gasteiger partial charge in [-0.25, -0.2) is 4.52 Å². The minimum Gasteiger partial charge on any atom is -0.289 e. The van der Waals surface area contributed by atoms with Crippen molar-refractivity contribution in [3.05, 3.63) is 72.5 Å². The predicted molar refractivity (Wildman–Crippen MR) is 112 cm³/mol. The topological polar surface area (TPSA) is 102 Å². The number of carbonyl (C=O) groups is 1. The summed E-state index contributed by atoms with van der Waals surface area (Å²) >= 11 is 19.3. The number of fused-ring (bicyclic) bond motifs is 1. The summed E-state index contributed by atoms with van der Waals surface area (Å²) in [6, 6.07) is 8.84. The first-order chi connectivity index (χ1) is 13.8. The zero-order valence-electron chi connectivity index (χ0n) is 14.1. The molecule has 0 aliphatic heterocycles. The van der Waals surface area contributed by atoms with Crippen molar-refractivity contribution in [3.63, 3.8) is 0 Å². The molecular formula is C17H8Cl3N5O3S. The Kier molecular flexibility index (Phi) is 5.13. The molecule has 8 nitrogen and oxygen atoms in total. The van der Waals surface area contributed by atoms with Crippen LogP contribution in [0.15, 0.2) is 41.8 Å². The van der Waals surface area contributed by atoms with Crippen molar-refractivity contribution < 1.29 is 9.72 Å². The van der Waals surface area contributed by atoms with Gasteiger partial charge in [0.15, 0.2) is 0 Å². The quantitative estimate of drug-likeness (QED) is 0.311. The fourth-order valence-electron chi connectivity index (χ4n) is 2.63. The second kappa shape index (κ2) is 7.60. The third-order valence-corrected chi connectivity index (χ3v) is 5.51. The number of rotatable bonds is 4. The molecule has 0 unspecified atom stereocenters. The highest BCUT2D eigenvalue weighted by Gasteiger charge is 2.22. The highest BCUT2D eigenvalue weighted by molar-refractivity contribution is 7.15. The van der Waals surface area contributed by atoms with Gasteiger partial charge in [-0.3, -0.25) is 20.2 Å².